The molecule has 0 amide bonds. The molecule has 178 valence electrons. The number of hydrogen-bond donors (Lipinski definition) is 2. The molecular weight excluding hydrogens is 426 g/mol. The summed E-state index contributed by atoms with van der Waals surface area (Å²) in [6.45, 7) is 1.21. The van der Waals surface area contributed by atoms with Crippen molar-refractivity contribution in [2.24, 2.45) is 11.5 Å². The zero-order valence-corrected chi connectivity index (χ0v) is 19.1. The first-order valence-corrected chi connectivity index (χ1v) is 11.5. The van der Waals surface area contributed by atoms with E-state index in [-0.39, 0.29) is 37.9 Å². The van der Waals surface area contributed by atoms with E-state index in [1.54, 1.807) is 7.11 Å². The van der Waals surface area contributed by atoms with Gasteiger partial charge in [-0.2, -0.15) is 0 Å². The van der Waals surface area contributed by atoms with Crippen LogP contribution in [0.15, 0.2) is 24.0 Å². The summed E-state index contributed by atoms with van der Waals surface area (Å²) in [4.78, 5) is 27.6. The summed E-state index contributed by atoms with van der Waals surface area (Å²) in [5, 5.41) is 0. The van der Waals surface area contributed by atoms with Gasteiger partial charge in [0, 0.05) is 25.1 Å². The molecule has 2 aliphatic heterocycles. The van der Waals surface area contributed by atoms with E-state index in [0.717, 1.165) is 17.7 Å². The van der Waals surface area contributed by atoms with Crippen LogP contribution >= 0.6 is 0 Å². The topological polar surface area (TPSA) is 126 Å². The van der Waals surface area contributed by atoms with Crippen molar-refractivity contribution < 1.29 is 28.5 Å². The van der Waals surface area contributed by atoms with Gasteiger partial charge in [-0.15, -0.1) is 0 Å². The summed E-state index contributed by atoms with van der Waals surface area (Å²) in [6.07, 6.45) is 3.30. The van der Waals surface area contributed by atoms with E-state index in [1.807, 2.05) is 12.1 Å². The lowest BCUT2D eigenvalue weighted by molar-refractivity contribution is -0.206. The molecule has 0 aromatic heterocycles. The number of nitrogens with zero attached hydrogens (tertiary/aromatic N) is 1. The Bertz CT molecular complexity index is 1030. The fourth-order valence-electron chi connectivity index (χ4n) is 6.43. The minimum atomic E-state index is -0.870. The third-order valence-electron chi connectivity index (χ3n) is 7.74. The standard InChI is InChI=1S/C24H31N3O6/c1-27-12-9-23-20-14-3-4-15(30-2)21(20)32-22(23)16(31-18(28)6-10-25)5-8-24(23,17(27)13-14)33-19(29)7-11-26/h3-5,17,22H,6-13,25-26H2,1-2H3/t17-,22+,23+,24-/m1/s1. The number of nitrogens with two attached hydrogens (primary N) is 2. The molecule has 33 heavy (non-hydrogen) atoms. The number of hydrogen-bond acceptors (Lipinski definition) is 9. The lowest BCUT2D eigenvalue weighted by atomic mass is 9.50. The Morgan fingerprint density at radius 3 is 2.70 bits per heavy atom. The highest BCUT2D eigenvalue weighted by Gasteiger charge is 2.74. The predicted molar refractivity (Wildman–Crippen MR) is 119 cm³/mol. The first-order valence-electron chi connectivity index (χ1n) is 11.5. The molecule has 4 N–H and O–H groups in total. The maximum absolute atomic E-state index is 12.9. The highest BCUT2D eigenvalue weighted by molar-refractivity contribution is 5.74. The highest BCUT2D eigenvalue weighted by atomic mass is 16.6. The second-order valence-corrected chi connectivity index (χ2v) is 9.28. The van der Waals surface area contributed by atoms with Gasteiger partial charge in [-0.3, -0.25) is 14.5 Å². The molecule has 1 saturated heterocycles. The Kier molecular flexibility index (Phi) is 5.38. The summed E-state index contributed by atoms with van der Waals surface area (Å²) in [5.74, 6) is 0.982. The van der Waals surface area contributed by atoms with Crippen LogP contribution < -0.4 is 20.9 Å². The third-order valence-corrected chi connectivity index (χ3v) is 7.74. The Morgan fingerprint density at radius 1 is 1.21 bits per heavy atom. The van der Waals surface area contributed by atoms with Gasteiger partial charge in [-0.05, 0) is 44.1 Å². The monoisotopic (exact) mass is 457 g/mol. The van der Waals surface area contributed by atoms with Gasteiger partial charge < -0.3 is 30.4 Å². The number of likely N-dealkylation sites (N-methyl/N-ethyl adjacent to an activating group) is 1. The second-order valence-electron chi connectivity index (χ2n) is 9.28. The van der Waals surface area contributed by atoms with Gasteiger partial charge in [0.05, 0.1) is 31.4 Å². The van der Waals surface area contributed by atoms with Crippen molar-refractivity contribution in [3.05, 3.63) is 35.1 Å². The lowest BCUT2D eigenvalue weighted by Gasteiger charge is -2.62. The summed E-state index contributed by atoms with van der Waals surface area (Å²) in [5.41, 5.74) is 11.8. The SMILES string of the molecule is COc1ccc2c3c1O[C@H]1C(OC(=O)CCN)=CC[C@@]4(OC(=O)CCN)[C@@H](C2)N(C)CC[C@]314. The van der Waals surface area contributed by atoms with Crippen molar-refractivity contribution in [3.63, 3.8) is 0 Å². The zero-order chi connectivity index (χ0) is 23.4. The van der Waals surface area contributed by atoms with Gasteiger partial charge in [0.25, 0.3) is 0 Å². The molecule has 5 rings (SSSR count). The third kappa shape index (κ3) is 2.95. The smallest absolute Gasteiger partial charge is 0.312 e. The van der Waals surface area contributed by atoms with E-state index in [0.29, 0.717) is 36.5 Å². The molecule has 2 heterocycles. The van der Waals surface area contributed by atoms with Crippen LogP contribution in [0.1, 0.15) is 36.8 Å². The van der Waals surface area contributed by atoms with Gasteiger partial charge in [-0.25, -0.2) is 0 Å². The molecule has 0 radical (unpaired) electrons. The Hall–Kier alpha value is -2.62. The summed E-state index contributed by atoms with van der Waals surface area (Å²) >= 11 is 0. The molecule has 9 nitrogen and oxygen atoms in total. The first-order chi connectivity index (χ1) is 15.9. The predicted octanol–water partition coefficient (Wildman–Crippen LogP) is 0.765. The number of esters is 2. The van der Waals surface area contributed by atoms with E-state index in [1.165, 1.54) is 0 Å². The number of piperidine rings is 1. The number of benzene rings is 1. The number of methoxy groups -OCH3 is 1. The van der Waals surface area contributed by atoms with E-state index in [9.17, 15) is 9.59 Å². The molecule has 1 aromatic carbocycles. The van der Waals surface area contributed by atoms with E-state index >= 15 is 0 Å². The van der Waals surface area contributed by atoms with E-state index in [2.05, 4.69) is 18.0 Å². The fourth-order valence-corrected chi connectivity index (χ4v) is 6.43. The maximum atomic E-state index is 12.9. The first kappa shape index (κ1) is 22.2. The molecule has 1 fully saturated rings. The van der Waals surface area contributed by atoms with Gasteiger partial charge >= 0.3 is 11.9 Å². The van der Waals surface area contributed by atoms with Crippen molar-refractivity contribution >= 4 is 11.9 Å². The summed E-state index contributed by atoms with van der Waals surface area (Å²) < 4.78 is 24.4. The molecule has 2 aliphatic carbocycles. The quantitative estimate of drug-likeness (QED) is 0.571. The van der Waals surface area contributed by atoms with Crippen LogP contribution in [0.3, 0.4) is 0 Å². The maximum Gasteiger partial charge on any atom is 0.312 e. The van der Waals surface area contributed by atoms with Crippen LogP contribution in [0, 0.1) is 0 Å². The average Bonchev–Trinajstić information content (AvgIpc) is 3.14. The molecule has 4 atom stereocenters. The molecule has 2 bridgehead atoms. The number of likely N-dealkylation sites (tertiary alicyclic amines) is 1. The van der Waals surface area contributed by atoms with Gasteiger partial charge in [0.15, 0.2) is 17.6 Å². The normalized spacial score (nSPS) is 31.2. The Morgan fingerprint density at radius 2 is 1.97 bits per heavy atom. The highest BCUT2D eigenvalue weighted by Crippen LogP contribution is 2.66. The molecule has 4 aliphatic rings. The molecule has 0 unspecified atom stereocenters. The average molecular weight is 458 g/mol. The molecule has 1 spiro atoms. The van der Waals surface area contributed by atoms with Crippen LogP contribution in [-0.2, 0) is 30.9 Å². The molecule has 1 aromatic rings. The van der Waals surface area contributed by atoms with Gasteiger partial charge in [-0.1, -0.05) is 6.07 Å². The van der Waals surface area contributed by atoms with Crippen molar-refractivity contribution in [1.29, 1.82) is 0 Å². The van der Waals surface area contributed by atoms with Crippen LogP contribution in [0.25, 0.3) is 0 Å². The van der Waals surface area contributed by atoms with Gasteiger partial charge in [0.2, 0.25) is 0 Å². The minimum Gasteiger partial charge on any atom is -0.493 e. The van der Waals surface area contributed by atoms with Crippen molar-refractivity contribution in [3.8, 4) is 11.5 Å². The molecule has 9 heteroatoms. The van der Waals surface area contributed by atoms with Crippen molar-refractivity contribution in [2.75, 3.05) is 33.8 Å². The van der Waals surface area contributed by atoms with Gasteiger partial charge in [0.1, 0.15) is 11.4 Å². The van der Waals surface area contributed by atoms with Crippen LogP contribution in [0.4, 0.5) is 0 Å². The van der Waals surface area contributed by atoms with Crippen LogP contribution in [0.2, 0.25) is 0 Å². The summed E-state index contributed by atoms with van der Waals surface area (Å²) in [7, 11) is 3.67. The lowest BCUT2D eigenvalue weighted by Crippen LogP contribution is -2.75. The number of rotatable bonds is 7. The molecular formula is C24H31N3O6. The molecule has 0 saturated carbocycles. The zero-order valence-electron chi connectivity index (χ0n) is 19.1. The van der Waals surface area contributed by atoms with Crippen molar-refractivity contribution in [1.82, 2.24) is 4.90 Å². The van der Waals surface area contributed by atoms with Crippen molar-refractivity contribution in [2.45, 2.75) is 55.3 Å². The van der Waals surface area contributed by atoms with E-state index in [4.69, 9.17) is 30.4 Å². The number of carbonyl (C=O) groups excluding carboxylic acids is 2. The Labute approximate surface area is 193 Å². The Balaban J connectivity index is 1.71. The fraction of sp³-hybridized carbons (Fsp3) is 0.583. The second kappa shape index (κ2) is 8.00. The minimum absolute atomic E-state index is 0.0523. The summed E-state index contributed by atoms with van der Waals surface area (Å²) in [6, 6.07) is 3.93. The van der Waals surface area contributed by atoms with E-state index < -0.39 is 23.1 Å². The largest absolute Gasteiger partial charge is 0.493 e. The van der Waals surface area contributed by atoms with Crippen LogP contribution in [-0.4, -0.2) is 68.4 Å². The number of carbonyl (C=O) groups is 2. The van der Waals surface area contributed by atoms with Crippen LogP contribution in [0.5, 0.6) is 11.5 Å². The number of ether oxygens (including phenoxy) is 4.